The maximum atomic E-state index is 12.0. The van der Waals surface area contributed by atoms with E-state index in [0.29, 0.717) is 13.1 Å². The fourth-order valence-electron chi connectivity index (χ4n) is 3.15. The first kappa shape index (κ1) is 23.3. The van der Waals surface area contributed by atoms with Gasteiger partial charge < -0.3 is 21.3 Å². The van der Waals surface area contributed by atoms with E-state index in [4.69, 9.17) is 0 Å². The second-order valence-corrected chi connectivity index (χ2v) is 7.48. The summed E-state index contributed by atoms with van der Waals surface area (Å²) in [5, 5.41) is 11.7. The Kier molecular flexibility index (Phi) is 10.3. The first-order valence-corrected chi connectivity index (χ1v) is 10.7. The van der Waals surface area contributed by atoms with Crippen LogP contribution >= 0.6 is 0 Å². The number of urea groups is 2. The minimum Gasteiger partial charge on any atom is -0.338 e. The van der Waals surface area contributed by atoms with Crippen molar-refractivity contribution in [3.8, 4) is 0 Å². The van der Waals surface area contributed by atoms with Crippen molar-refractivity contribution in [2.45, 2.75) is 51.6 Å². The number of nitrogens with one attached hydrogen (secondary N) is 4. The van der Waals surface area contributed by atoms with Gasteiger partial charge in [0.25, 0.3) is 0 Å². The van der Waals surface area contributed by atoms with Crippen LogP contribution in [0.1, 0.15) is 62.7 Å². The van der Waals surface area contributed by atoms with E-state index < -0.39 is 0 Å². The number of rotatable bonds is 11. The van der Waals surface area contributed by atoms with Crippen molar-refractivity contribution in [2.75, 3.05) is 13.1 Å². The van der Waals surface area contributed by atoms with E-state index in [1.807, 2.05) is 74.5 Å². The molecule has 0 bridgehead atoms. The molecule has 2 rings (SSSR count). The molecule has 0 saturated heterocycles. The third-order valence-corrected chi connectivity index (χ3v) is 4.97. The molecule has 6 nitrogen and oxygen atoms in total. The van der Waals surface area contributed by atoms with Crippen LogP contribution in [0.4, 0.5) is 9.59 Å². The van der Waals surface area contributed by atoms with Gasteiger partial charge in [0.05, 0.1) is 12.1 Å². The summed E-state index contributed by atoms with van der Waals surface area (Å²) < 4.78 is 0. The highest BCUT2D eigenvalue weighted by molar-refractivity contribution is 5.74. The molecule has 2 aromatic carbocycles. The van der Waals surface area contributed by atoms with E-state index in [2.05, 4.69) is 21.3 Å². The van der Waals surface area contributed by atoms with Gasteiger partial charge in [-0.3, -0.25) is 0 Å². The zero-order valence-electron chi connectivity index (χ0n) is 18.0. The molecular weight excluding hydrogens is 376 g/mol. The molecule has 0 saturated carbocycles. The number of amides is 4. The molecule has 2 unspecified atom stereocenters. The van der Waals surface area contributed by atoms with E-state index in [1.165, 1.54) is 0 Å². The van der Waals surface area contributed by atoms with Crippen LogP contribution in [0.2, 0.25) is 0 Å². The SMILES string of the molecule is CC(NC(=O)NCCCCCCNC(=O)NC(C)c1ccccc1)c1ccccc1. The molecule has 0 aliphatic rings. The van der Waals surface area contributed by atoms with E-state index >= 15 is 0 Å². The van der Waals surface area contributed by atoms with Gasteiger partial charge in [0.15, 0.2) is 0 Å². The van der Waals surface area contributed by atoms with E-state index in [0.717, 1.165) is 36.8 Å². The van der Waals surface area contributed by atoms with Gasteiger partial charge in [-0.05, 0) is 37.8 Å². The van der Waals surface area contributed by atoms with Gasteiger partial charge in [0.1, 0.15) is 0 Å². The van der Waals surface area contributed by atoms with Gasteiger partial charge in [-0.1, -0.05) is 73.5 Å². The highest BCUT2D eigenvalue weighted by Gasteiger charge is 2.09. The van der Waals surface area contributed by atoms with Crippen LogP contribution in [0, 0.1) is 0 Å². The maximum Gasteiger partial charge on any atom is 0.315 e. The van der Waals surface area contributed by atoms with Crippen molar-refractivity contribution in [2.24, 2.45) is 0 Å². The lowest BCUT2D eigenvalue weighted by Crippen LogP contribution is -2.37. The molecule has 0 heterocycles. The lowest BCUT2D eigenvalue weighted by atomic mass is 10.1. The van der Waals surface area contributed by atoms with Gasteiger partial charge in [0, 0.05) is 13.1 Å². The van der Waals surface area contributed by atoms with E-state index in [-0.39, 0.29) is 24.1 Å². The third kappa shape index (κ3) is 8.99. The second-order valence-electron chi connectivity index (χ2n) is 7.48. The Morgan fingerprint density at radius 1 is 0.633 bits per heavy atom. The number of carbonyl (C=O) groups excluding carboxylic acids is 2. The van der Waals surface area contributed by atoms with Gasteiger partial charge >= 0.3 is 12.1 Å². The Balaban J connectivity index is 1.46. The molecule has 0 aliphatic carbocycles. The number of unbranched alkanes of at least 4 members (excludes halogenated alkanes) is 3. The molecule has 0 aliphatic heterocycles. The van der Waals surface area contributed by atoms with Crippen LogP contribution in [0.25, 0.3) is 0 Å². The fraction of sp³-hybridized carbons (Fsp3) is 0.417. The maximum absolute atomic E-state index is 12.0. The lowest BCUT2D eigenvalue weighted by molar-refractivity contribution is 0.236. The molecule has 0 aromatic heterocycles. The number of hydrogen-bond donors (Lipinski definition) is 4. The molecule has 6 heteroatoms. The molecule has 0 spiro atoms. The zero-order valence-corrected chi connectivity index (χ0v) is 18.0. The summed E-state index contributed by atoms with van der Waals surface area (Å²) in [5.41, 5.74) is 2.17. The Morgan fingerprint density at radius 2 is 1.00 bits per heavy atom. The molecular formula is C24H34N4O2. The van der Waals surface area contributed by atoms with Gasteiger partial charge in [0.2, 0.25) is 0 Å². The number of hydrogen-bond acceptors (Lipinski definition) is 2. The summed E-state index contributed by atoms with van der Waals surface area (Å²) in [7, 11) is 0. The topological polar surface area (TPSA) is 82.3 Å². The van der Waals surface area contributed by atoms with Crippen LogP contribution < -0.4 is 21.3 Å². The van der Waals surface area contributed by atoms with Gasteiger partial charge in [-0.15, -0.1) is 0 Å². The molecule has 162 valence electrons. The van der Waals surface area contributed by atoms with Crippen molar-refractivity contribution in [3.05, 3.63) is 71.8 Å². The highest BCUT2D eigenvalue weighted by Crippen LogP contribution is 2.11. The summed E-state index contributed by atoms with van der Waals surface area (Å²) in [6.07, 6.45) is 3.87. The Bertz CT molecular complexity index is 687. The van der Waals surface area contributed by atoms with E-state index in [9.17, 15) is 9.59 Å². The predicted molar refractivity (Wildman–Crippen MR) is 121 cm³/mol. The Hall–Kier alpha value is -3.02. The summed E-state index contributed by atoms with van der Waals surface area (Å²) in [4.78, 5) is 23.9. The molecule has 30 heavy (non-hydrogen) atoms. The minimum atomic E-state index is -0.141. The minimum absolute atomic E-state index is 0.0203. The monoisotopic (exact) mass is 410 g/mol. The van der Waals surface area contributed by atoms with Crippen molar-refractivity contribution in [3.63, 3.8) is 0 Å². The third-order valence-electron chi connectivity index (χ3n) is 4.97. The summed E-state index contributed by atoms with van der Waals surface area (Å²) in [6, 6.07) is 19.5. The summed E-state index contributed by atoms with van der Waals surface area (Å²) in [5.74, 6) is 0. The lowest BCUT2D eigenvalue weighted by Gasteiger charge is -2.15. The second kappa shape index (κ2) is 13.2. The quantitative estimate of drug-likeness (QED) is 0.406. The average molecular weight is 411 g/mol. The first-order valence-electron chi connectivity index (χ1n) is 10.7. The molecule has 2 atom stereocenters. The standard InChI is InChI=1S/C24H34N4O2/c1-19(21-13-7-5-8-14-21)27-23(29)25-17-11-3-4-12-18-26-24(30)28-20(2)22-15-9-6-10-16-22/h5-10,13-16,19-20H,3-4,11-12,17-18H2,1-2H3,(H2,25,27,29)(H2,26,28,30). The number of benzene rings is 2. The summed E-state index contributed by atoms with van der Waals surface area (Å²) in [6.45, 7) is 5.24. The molecule has 0 fully saturated rings. The van der Waals surface area contributed by atoms with Crippen molar-refractivity contribution in [1.29, 1.82) is 0 Å². The number of carbonyl (C=O) groups is 2. The predicted octanol–water partition coefficient (Wildman–Crippen LogP) is 4.67. The van der Waals surface area contributed by atoms with Crippen molar-refractivity contribution in [1.82, 2.24) is 21.3 Å². The van der Waals surface area contributed by atoms with Crippen LogP contribution in [-0.4, -0.2) is 25.2 Å². The van der Waals surface area contributed by atoms with Crippen LogP contribution in [0.3, 0.4) is 0 Å². The highest BCUT2D eigenvalue weighted by atomic mass is 16.2. The molecule has 2 aromatic rings. The van der Waals surface area contributed by atoms with Gasteiger partial charge in [-0.2, -0.15) is 0 Å². The largest absolute Gasteiger partial charge is 0.338 e. The Morgan fingerprint density at radius 3 is 1.37 bits per heavy atom. The molecule has 0 radical (unpaired) electrons. The normalized spacial score (nSPS) is 12.5. The fourth-order valence-corrected chi connectivity index (χ4v) is 3.15. The Labute approximate surface area is 179 Å². The summed E-state index contributed by atoms with van der Waals surface area (Å²) >= 11 is 0. The van der Waals surface area contributed by atoms with Crippen LogP contribution in [-0.2, 0) is 0 Å². The van der Waals surface area contributed by atoms with Crippen molar-refractivity contribution >= 4 is 12.1 Å². The first-order chi connectivity index (χ1) is 14.6. The smallest absolute Gasteiger partial charge is 0.315 e. The van der Waals surface area contributed by atoms with Crippen LogP contribution in [0.15, 0.2) is 60.7 Å². The van der Waals surface area contributed by atoms with Gasteiger partial charge in [-0.25, -0.2) is 9.59 Å². The van der Waals surface area contributed by atoms with E-state index in [1.54, 1.807) is 0 Å². The average Bonchev–Trinajstić information content (AvgIpc) is 2.76. The molecule has 4 amide bonds. The molecule has 4 N–H and O–H groups in total. The zero-order chi connectivity index (χ0) is 21.6. The van der Waals surface area contributed by atoms with Crippen LogP contribution in [0.5, 0.6) is 0 Å². The van der Waals surface area contributed by atoms with Crippen molar-refractivity contribution < 1.29 is 9.59 Å².